The first-order valence-electron chi connectivity index (χ1n) is 6.00. The number of hydrogen-bond acceptors (Lipinski definition) is 2. The van der Waals surface area contributed by atoms with E-state index in [2.05, 4.69) is 31.3 Å². The Kier molecular flexibility index (Phi) is 6.12. The Morgan fingerprint density at radius 1 is 1.19 bits per heavy atom. The molecule has 1 rings (SSSR count). The van der Waals surface area contributed by atoms with Gasteiger partial charge in [0.15, 0.2) is 0 Å². The molecule has 0 fully saturated rings. The van der Waals surface area contributed by atoms with Gasteiger partial charge in [-0.3, -0.25) is 0 Å². The van der Waals surface area contributed by atoms with Gasteiger partial charge in [-0.05, 0) is 24.4 Å². The van der Waals surface area contributed by atoms with E-state index in [1.807, 2.05) is 25.2 Å². The molecule has 90 valence electrons. The summed E-state index contributed by atoms with van der Waals surface area (Å²) in [5.41, 5.74) is 1.24. The predicted octanol–water partition coefficient (Wildman–Crippen LogP) is 2.69. The molecule has 1 N–H and O–H groups in total. The highest BCUT2D eigenvalue weighted by molar-refractivity contribution is 5.13. The monoisotopic (exact) mass is 221 g/mol. The van der Waals surface area contributed by atoms with Crippen LogP contribution in [0.3, 0.4) is 0 Å². The summed E-state index contributed by atoms with van der Waals surface area (Å²) in [6, 6.07) is 10.3. The van der Waals surface area contributed by atoms with Crippen molar-refractivity contribution in [2.45, 2.75) is 20.5 Å². The fourth-order valence-electron chi connectivity index (χ4n) is 1.65. The van der Waals surface area contributed by atoms with Crippen molar-refractivity contribution in [2.24, 2.45) is 11.8 Å². The number of ether oxygens (including phenoxy) is 1. The maximum atomic E-state index is 5.76. The van der Waals surface area contributed by atoms with Crippen molar-refractivity contribution in [1.82, 2.24) is 5.32 Å². The SMILES string of the molecule is CNCC(COCc1ccccc1)C(C)C. The molecule has 0 radical (unpaired) electrons. The van der Waals surface area contributed by atoms with Crippen molar-refractivity contribution in [3.8, 4) is 0 Å². The van der Waals surface area contributed by atoms with Gasteiger partial charge in [-0.25, -0.2) is 0 Å². The van der Waals surface area contributed by atoms with Gasteiger partial charge in [0, 0.05) is 6.54 Å². The molecule has 1 aromatic carbocycles. The number of nitrogens with one attached hydrogen (secondary N) is 1. The Labute approximate surface area is 99.0 Å². The van der Waals surface area contributed by atoms with Crippen LogP contribution in [0.1, 0.15) is 19.4 Å². The molecule has 0 spiro atoms. The molecular weight excluding hydrogens is 198 g/mol. The molecule has 0 aliphatic rings. The molecule has 1 atom stereocenters. The third-order valence-electron chi connectivity index (χ3n) is 2.85. The lowest BCUT2D eigenvalue weighted by molar-refractivity contribution is 0.0720. The highest BCUT2D eigenvalue weighted by Gasteiger charge is 2.12. The van der Waals surface area contributed by atoms with Crippen LogP contribution in [-0.4, -0.2) is 20.2 Å². The first-order chi connectivity index (χ1) is 7.74. The van der Waals surface area contributed by atoms with Crippen LogP contribution in [0.15, 0.2) is 30.3 Å². The smallest absolute Gasteiger partial charge is 0.0717 e. The van der Waals surface area contributed by atoms with E-state index in [9.17, 15) is 0 Å². The van der Waals surface area contributed by atoms with Gasteiger partial charge >= 0.3 is 0 Å². The zero-order chi connectivity index (χ0) is 11.8. The standard InChI is InChI=1S/C14H23NO/c1-12(2)14(9-15-3)11-16-10-13-7-5-4-6-8-13/h4-8,12,14-15H,9-11H2,1-3H3. The van der Waals surface area contributed by atoms with Crippen LogP contribution in [-0.2, 0) is 11.3 Å². The normalized spacial score (nSPS) is 13.0. The van der Waals surface area contributed by atoms with Crippen LogP contribution in [0.2, 0.25) is 0 Å². The molecule has 2 heteroatoms. The van der Waals surface area contributed by atoms with Crippen molar-refractivity contribution in [3.63, 3.8) is 0 Å². The van der Waals surface area contributed by atoms with Crippen LogP contribution >= 0.6 is 0 Å². The molecule has 0 aromatic heterocycles. The van der Waals surface area contributed by atoms with E-state index in [1.54, 1.807) is 0 Å². The quantitative estimate of drug-likeness (QED) is 0.764. The van der Waals surface area contributed by atoms with Gasteiger partial charge in [-0.15, -0.1) is 0 Å². The first kappa shape index (κ1) is 13.2. The molecule has 2 nitrogen and oxygen atoms in total. The first-order valence-corrected chi connectivity index (χ1v) is 6.00. The Morgan fingerprint density at radius 2 is 1.88 bits per heavy atom. The number of hydrogen-bond donors (Lipinski definition) is 1. The molecule has 0 saturated heterocycles. The number of benzene rings is 1. The Bertz CT molecular complexity index is 271. The van der Waals surface area contributed by atoms with Crippen LogP contribution in [0, 0.1) is 11.8 Å². The van der Waals surface area contributed by atoms with E-state index in [1.165, 1.54) is 5.56 Å². The fourth-order valence-corrected chi connectivity index (χ4v) is 1.65. The fraction of sp³-hybridized carbons (Fsp3) is 0.571. The molecule has 1 unspecified atom stereocenters. The van der Waals surface area contributed by atoms with Gasteiger partial charge in [-0.2, -0.15) is 0 Å². The van der Waals surface area contributed by atoms with Gasteiger partial charge < -0.3 is 10.1 Å². The molecule has 0 saturated carbocycles. The molecule has 0 aliphatic carbocycles. The number of rotatable bonds is 7. The van der Waals surface area contributed by atoms with E-state index in [0.717, 1.165) is 13.2 Å². The van der Waals surface area contributed by atoms with E-state index in [0.29, 0.717) is 18.4 Å². The summed E-state index contributed by atoms with van der Waals surface area (Å²) in [5.74, 6) is 1.25. The Morgan fingerprint density at radius 3 is 2.44 bits per heavy atom. The predicted molar refractivity (Wildman–Crippen MR) is 68.4 cm³/mol. The Hall–Kier alpha value is -0.860. The lowest BCUT2D eigenvalue weighted by Gasteiger charge is -2.20. The van der Waals surface area contributed by atoms with Gasteiger partial charge in [0.1, 0.15) is 0 Å². The average molecular weight is 221 g/mol. The summed E-state index contributed by atoms with van der Waals surface area (Å²) in [5, 5.41) is 3.22. The summed E-state index contributed by atoms with van der Waals surface area (Å²) in [4.78, 5) is 0. The van der Waals surface area contributed by atoms with Crippen LogP contribution in [0.4, 0.5) is 0 Å². The third-order valence-corrected chi connectivity index (χ3v) is 2.85. The molecule has 1 aromatic rings. The van der Waals surface area contributed by atoms with Crippen LogP contribution in [0.5, 0.6) is 0 Å². The van der Waals surface area contributed by atoms with Crippen molar-refractivity contribution in [1.29, 1.82) is 0 Å². The molecule has 0 amide bonds. The topological polar surface area (TPSA) is 21.3 Å². The average Bonchev–Trinajstić information content (AvgIpc) is 2.29. The highest BCUT2D eigenvalue weighted by Crippen LogP contribution is 2.11. The van der Waals surface area contributed by atoms with E-state index in [-0.39, 0.29) is 0 Å². The lowest BCUT2D eigenvalue weighted by Crippen LogP contribution is -2.27. The summed E-state index contributed by atoms with van der Waals surface area (Å²) in [6.45, 7) is 7.05. The molecule has 0 aliphatic heterocycles. The van der Waals surface area contributed by atoms with E-state index in [4.69, 9.17) is 4.74 Å². The zero-order valence-corrected chi connectivity index (χ0v) is 10.6. The highest BCUT2D eigenvalue weighted by atomic mass is 16.5. The lowest BCUT2D eigenvalue weighted by atomic mass is 9.97. The third kappa shape index (κ3) is 4.77. The second-order valence-corrected chi connectivity index (χ2v) is 4.56. The molecule has 16 heavy (non-hydrogen) atoms. The summed E-state index contributed by atoms with van der Waals surface area (Å²) in [6.07, 6.45) is 0. The molecular formula is C14H23NO. The maximum Gasteiger partial charge on any atom is 0.0717 e. The summed E-state index contributed by atoms with van der Waals surface area (Å²) >= 11 is 0. The molecule has 0 heterocycles. The van der Waals surface area contributed by atoms with Gasteiger partial charge in [0.05, 0.1) is 13.2 Å². The van der Waals surface area contributed by atoms with Crippen LogP contribution < -0.4 is 5.32 Å². The second-order valence-electron chi connectivity index (χ2n) is 4.56. The largest absolute Gasteiger partial charge is 0.376 e. The maximum absolute atomic E-state index is 5.76. The van der Waals surface area contributed by atoms with Crippen molar-refractivity contribution in [2.75, 3.05) is 20.2 Å². The minimum absolute atomic E-state index is 0.591. The minimum atomic E-state index is 0.591. The van der Waals surface area contributed by atoms with Gasteiger partial charge in [0.25, 0.3) is 0 Å². The van der Waals surface area contributed by atoms with Gasteiger partial charge in [-0.1, -0.05) is 44.2 Å². The molecule has 0 bridgehead atoms. The summed E-state index contributed by atoms with van der Waals surface area (Å²) in [7, 11) is 1.99. The van der Waals surface area contributed by atoms with Gasteiger partial charge in [0.2, 0.25) is 0 Å². The Balaban J connectivity index is 2.28. The van der Waals surface area contributed by atoms with Crippen LogP contribution in [0.25, 0.3) is 0 Å². The van der Waals surface area contributed by atoms with Crippen molar-refractivity contribution in [3.05, 3.63) is 35.9 Å². The van der Waals surface area contributed by atoms with Crippen molar-refractivity contribution >= 4 is 0 Å². The zero-order valence-electron chi connectivity index (χ0n) is 10.6. The second kappa shape index (κ2) is 7.42. The van der Waals surface area contributed by atoms with Crippen molar-refractivity contribution < 1.29 is 4.74 Å². The van der Waals surface area contributed by atoms with E-state index < -0.39 is 0 Å². The van der Waals surface area contributed by atoms with E-state index >= 15 is 0 Å². The summed E-state index contributed by atoms with van der Waals surface area (Å²) < 4.78 is 5.76. The minimum Gasteiger partial charge on any atom is -0.376 e.